The molecule has 0 bridgehead atoms. The minimum Gasteiger partial charge on any atom is -0.326 e. The van der Waals surface area contributed by atoms with Crippen LogP contribution < -0.4 is 5.32 Å². The molecule has 0 radical (unpaired) electrons. The average Bonchev–Trinajstić information content (AvgIpc) is 2.86. The standard InChI is InChI=1S/C17H17N3O2/c1-11(21)19-14-6-3-12(4-7-14)9-13-5-8-16-15(17(13)22)10-18-20(16)2/h3-4,6-7,9-10H,5,8H2,1-2H3,(H,19,21). The van der Waals surface area contributed by atoms with Crippen molar-refractivity contribution in [1.82, 2.24) is 9.78 Å². The van der Waals surface area contributed by atoms with Gasteiger partial charge in [0.2, 0.25) is 5.91 Å². The Bertz CT molecular complexity index is 770. The molecular formula is C17H17N3O2. The monoisotopic (exact) mass is 295 g/mol. The van der Waals surface area contributed by atoms with Gasteiger partial charge in [0.05, 0.1) is 11.8 Å². The summed E-state index contributed by atoms with van der Waals surface area (Å²) in [6.45, 7) is 1.47. The highest BCUT2D eigenvalue weighted by Gasteiger charge is 2.24. The summed E-state index contributed by atoms with van der Waals surface area (Å²) in [6.07, 6.45) is 5.10. The summed E-state index contributed by atoms with van der Waals surface area (Å²) in [5.41, 5.74) is 4.20. The van der Waals surface area contributed by atoms with Crippen LogP contribution in [0.1, 0.15) is 35.0 Å². The number of Topliss-reactive ketones (excluding diaryl/α,β-unsaturated/α-hetero) is 1. The van der Waals surface area contributed by atoms with Gasteiger partial charge in [0, 0.05) is 30.9 Å². The van der Waals surface area contributed by atoms with Gasteiger partial charge in [-0.1, -0.05) is 12.1 Å². The van der Waals surface area contributed by atoms with E-state index in [-0.39, 0.29) is 11.7 Å². The van der Waals surface area contributed by atoms with E-state index in [1.807, 2.05) is 37.4 Å². The number of nitrogens with one attached hydrogen (secondary N) is 1. The summed E-state index contributed by atoms with van der Waals surface area (Å²) < 4.78 is 1.77. The van der Waals surface area contributed by atoms with Crippen molar-refractivity contribution in [3.63, 3.8) is 0 Å². The number of amides is 1. The Labute approximate surface area is 128 Å². The van der Waals surface area contributed by atoms with Gasteiger partial charge in [0.1, 0.15) is 0 Å². The summed E-state index contributed by atoms with van der Waals surface area (Å²) in [6, 6.07) is 7.45. The number of rotatable bonds is 2. The Hall–Kier alpha value is -2.69. The second-order valence-electron chi connectivity index (χ2n) is 5.43. The molecule has 1 aliphatic rings. The van der Waals surface area contributed by atoms with Crippen molar-refractivity contribution in [2.45, 2.75) is 19.8 Å². The van der Waals surface area contributed by atoms with Crippen LogP contribution in [-0.4, -0.2) is 21.5 Å². The summed E-state index contributed by atoms with van der Waals surface area (Å²) in [5.74, 6) is -0.0436. The van der Waals surface area contributed by atoms with E-state index < -0.39 is 0 Å². The number of carbonyl (C=O) groups excluding carboxylic acids is 2. The number of carbonyl (C=O) groups is 2. The highest BCUT2D eigenvalue weighted by molar-refractivity contribution is 6.12. The molecule has 5 heteroatoms. The second kappa shape index (κ2) is 5.60. The first-order chi connectivity index (χ1) is 10.5. The third-order valence-corrected chi connectivity index (χ3v) is 3.80. The smallest absolute Gasteiger partial charge is 0.221 e. The predicted octanol–water partition coefficient (Wildman–Crippen LogP) is 2.59. The van der Waals surface area contributed by atoms with Crippen molar-refractivity contribution in [1.29, 1.82) is 0 Å². The fraction of sp³-hybridized carbons (Fsp3) is 0.235. The molecule has 112 valence electrons. The summed E-state index contributed by atoms with van der Waals surface area (Å²) >= 11 is 0. The van der Waals surface area contributed by atoms with Crippen molar-refractivity contribution < 1.29 is 9.59 Å². The zero-order chi connectivity index (χ0) is 15.7. The normalized spacial score (nSPS) is 15.7. The van der Waals surface area contributed by atoms with Gasteiger partial charge in [0.25, 0.3) is 0 Å². The molecular weight excluding hydrogens is 278 g/mol. The molecule has 22 heavy (non-hydrogen) atoms. The molecule has 5 nitrogen and oxygen atoms in total. The van der Waals surface area contributed by atoms with Gasteiger partial charge in [-0.05, 0) is 36.6 Å². The number of anilines is 1. The van der Waals surface area contributed by atoms with Crippen LogP contribution in [-0.2, 0) is 18.3 Å². The highest BCUT2D eigenvalue weighted by atomic mass is 16.1. The molecule has 3 rings (SSSR count). The lowest BCUT2D eigenvalue weighted by molar-refractivity contribution is -0.114. The Morgan fingerprint density at radius 2 is 2.00 bits per heavy atom. The lowest BCUT2D eigenvalue weighted by Gasteiger charge is -2.14. The third-order valence-electron chi connectivity index (χ3n) is 3.80. The van der Waals surface area contributed by atoms with E-state index in [1.54, 1.807) is 10.9 Å². The van der Waals surface area contributed by atoms with E-state index in [1.165, 1.54) is 6.92 Å². The number of allylic oxidation sites excluding steroid dienone is 1. The van der Waals surface area contributed by atoms with Crippen LogP contribution in [0.15, 0.2) is 36.0 Å². The Morgan fingerprint density at radius 1 is 1.27 bits per heavy atom. The van der Waals surface area contributed by atoms with Crippen LogP contribution in [0.2, 0.25) is 0 Å². The lowest BCUT2D eigenvalue weighted by Crippen LogP contribution is -2.14. The number of aromatic nitrogens is 2. The molecule has 1 aromatic heterocycles. The molecule has 1 aliphatic carbocycles. The van der Waals surface area contributed by atoms with Crippen LogP contribution in [0.25, 0.3) is 6.08 Å². The van der Waals surface area contributed by atoms with Gasteiger partial charge in [-0.2, -0.15) is 5.10 Å². The molecule has 0 aliphatic heterocycles. The quantitative estimate of drug-likeness (QED) is 0.866. The minimum atomic E-state index is -0.0994. The van der Waals surface area contributed by atoms with Gasteiger partial charge in [0.15, 0.2) is 5.78 Å². The highest BCUT2D eigenvalue weighted by Crippen LogP contribution is 2.26. The maximum Gasteiger partial charge on any atom is 0.221 e. The lowest BCUT2D eigenvalue weighted by atomic mass is 9.90. The number of hydrogen-bond donors (Lipinski definition) is 1. The van der Waals surface area contributed by atoms with Crippen LogP contribution in [0, 0.1) is 0 Å². The van der Waals surface area contributed by atoms with Crippen LogP contribution in [0.4, 0.5) is 5.69 Å². The van der Waals surface area contributed by atoms with Gasteiger partial charge < -0.3 is 5.32 Å². The van der Waals surface area contributed by atoms with Gasteiger partial charge in [-0.3, -0.25) is 14.3 Å². The molecule has 0 atom stereocenters. The molecule has 1 heterocycles. The van der Waals surface area contributed by atoms with Gasteiger partial charge in [-0.25, -0.2) is 0 Å². The number of hydrogen-bond acceptors (Lipinski definition) is 3. The maximum atomic E-state index is 12.5. The predicted molar refractivity (Wildman–Crippen MR) is 84.6 cm³/mol. The Kier molecular flexibility index (Phi) is 3.63. The first kappa shape index (κ1) is 14.3. The SMILES string of the molecule is CC(=O)Nc1ccc(C=C2CCc3c(cnn3C)C2=O)cc1. The number of benzene rings is 1. The molecule has 1 N–H and O–H groups in total. The summed E-state index contributed by atoms with van der Waals surface area (Å²) in [7, 11) is 1.86. The molecule has 1 aromatic carbocycles. The van der Waals surface area contributed by atoms with Crippen molar-refractivity contribution in [2.24, 2.45) is 7.05 Å². The van der Waals surface area contributed by atoms with Gasteiger partial charge >= 0.3 is 0 Å². The Balaban J connectivity index is 1.84. The number of nitrogens with zero attached hydrogens (tertiary/aromatic N) is 2. The molecule has 0 saturated carbocycles. The largest absolute Gasteiger partial charge is 0.326 e. The Morgan fingerprint density at radius 3 is 2.68 bits per heavy atom. The van der Waals surface area contributed by atoms with E-state index in [0.29, 0.717) is 5.56 Å². The number of fused-ring (bicyclic) bond motifs is 1. The number of aryl methyl sites for hydroxylation is 1. The van der Waals surface area contributed by atoms with Crippen LogP contribution >= 0.6 is 0 Å². The molecule has 2 aromatic rings. The fourth-order valence-electron chi connectivity index (χ4n) is 2.69. The number of ketones is 1. The van der Waals surface area contributed by atoms with Gasteiger partial charge in [-0.15, -0.1) is 0 Å². The van der Waals surface area contributed by atoms with E-state index >= 15 is 0 Å². The maximum absolute atomic E-state index is 12.5. The first-order valence-electron chi connectivity index (χ1n) is 7.18. The fourth-order valence-corrected chi connectivity index (χ4v) is 2.69. The van der Waals surface area contributed by atoms with Crippen molar-refractivity contribution >= 4 is 23.5 Å². The van der Waals surface area contributed by atoms with E-state index in [2.05, 4.69) is 10.4 Å². The third kappa shape index (κ3) is 2.70. The van der Waals surface area contributed by atoms with Crippen molar-refractivity contribution in [3.05, 3.63) is 52.9 Å². The van der Waals surface area contributed by atoms with E-state index in [0.717, 1.165) is 35.4 Å². The van der Waals surface area contributed by atoms with E-state index in [4.69, 9.17) is 0 Å². The zero-order valence-electron chi connectivity index (χ0n) is 12.6. The first-order valence-corrected chi connectivity index (χ1v) is 7.18. The summed E-state index contributed by atoms with van der Waals surface area (Å²) in [5, 5.41) is 6.88. The summed E-state index contributed by atoms with van der Waals surface area (Å²) in [4.78, 5) is 23.5. The molecule has 0 saturated heterocycles. The van der Waals surface area contributed by atoms with Crippen LogP contribution in [0.5, 0.6) is 0 Å². The van der Waals surface area contributed by atoms with E-state index in [9.17, 15) is 9.59 Å². The van der Waals surface area contributed by atoms with Crippen molar-refractivity contribution in [3.8, 4) is 0 Å². The van der Waals surface area contributed by atoms with Crippen molar-refractivity contribution in [2.75, 3.05) is 5.32 Å². The second-order valence-corrected chi connectivity index (χ2v) is 5.43. The van der Waals surface area contributed by atoms with Crippen LogP contribution in [0.3, 0.4) is 0 Å². The molecule has 0 unspecified atom stereocenters. The molecule has 0 spiro atoms. The molecule has 1 amide bonds. The molecule has 0 fully saturated rings. The topological polar surface area (TPSA) is 64.0 Å². The minimum absolute atomic E-state index is 0.0558. The zero-order valence-corrected chi connectivity index (χ0v) is 12.6. The average molecular weight is 295 g/mol.